The third-order valence-electron chi connectivity index (χ3n) is 4.09. The Morgan fingerprint density at radius 2 is 2.17 bits per heavy atom. The van der Waals surface area contributed by atoms with E-state index in [0.29, 0.717) is 17.7 Å². The van der Waals surface area contributed by atoms with E-state index in [0.717, 1.165) is 12.5 Å². The van der Waals surface area contributed by atoms with Gasteiger partial charge in [0.15, 0.2) is 0 Å². The molecule has 0 saturated heterocycles. The predicted molar refractivity (Wildman–Crippen MR) is 73.5 cm³/mol. The first-order valence-corrected chi connectivity index (χ1v) is 7.13. The van der Waals surface area contributed by atoms with Crippen LogP contribution in [0.2, 0.25) is 0 Å². The highest BCUT2D eigenvalue weighted by Gasteiger charge is 2.40. The number of hydrogen-bond donors (Lipinski definition) is 1. The molecule has 1 heterocycles. The summed E-state index contributed by atoms with van der Waals surface area (Å²) in [7, 11) is 0. The first kappa shape index (κ1) is 13.4. The molecule has 2 aliphatic rings. The molecular weight excluding hydrogens is 226 g/mol. The summed E-state index contributed by atoms with van der Waals surface area (Å²) in [5.41, 5.74) is 6.00. The molecule has 2 N–H and O–H groups in total. The summed E-state index contributed by atoms with van der Waals surface area (Å²) >= 11 is 0. The Morgan fingerprint density at radius 1 is 1.44 bits per heavy atom. The molecule has 18 heavy (non-hydrogen) atoms. The van der Waals surface area contributed by atoms with Crippen LogP contribution < -0.4 is 5.73 Å². The molecule has 0 bridgehead atoms. The summed E-state index contributed by atoms with van der Waals surface area (Å²) in [4.78, 5) is 17.8. The molecule has 102 valence electrons. The number of carbonyl (C=O) groups is 1. The Bertz CT molecular complexity index is 351. The van der Waals surface area contributed by atoms with Gasteiger partial charge < -0.3 is 10.6 Å². The lowest BCUT2D eigenvalue weighted by Gasteiger charge is -2.36. The molecule has 3 unspecified atom stereocenters. The van der Waals surface area contributed by atoms with Gasteiger partial charge in [-0.25, -0.2) is 4.79 Å². The summed E-state index contributed by atoms with van der Waals surface area (Å²) < 4.78 is 0. The number of hydrogen-bond acceptors (Lipinski definition) is 2. The molecule has 3 atom stereocenters. The zero-order valence-electron chi connectivity index (χ0n) is 11.7. The van der Waals surface area contributed by atoms with Gasteiger partial charge in [-0.05, 0) is 30.6 Å². The van der Waals surface area contributed by atoms with Crippen molar-refractivity contribution in [2.24, 2.45) is 28.5 Å². The van der Waals surface area contributed by atoms with E-state index in [1.54, 1.807) is 0 Å². The number of nitrogens with two attached hydrogens (primary N) is 1. The largest absolute Gasteiger partial charge is 0.385 e. The van der Waals surface area contributed by atoms with E-state index < -0.39 is 0 Å². The van der Waals surface area contributed by atoms with Crippen molar-refractivity contribution in [1.29, 1.82) is 0 Å². The zero-order chi connectivity index (χ0) is 13.3. The van der Waals surface area contributed by atoms with Gasteiger partial charge in [-0.1, -0.05) is 33.6 Å². The predicted octanol–water partition coefficient (Wildman–Crippen LogP) is 2.63. The normalized spacial score (nSPS) is 33.1. The number of aliphatic imine (C=N–C) groups is 1. The topological polar surface area (TPSA) is 58.7 Å². The van der Waals surface area contributed by atoms with Crippen molar-refractivity contribution in [2.75, 3.05) is 6.54 Å². The average Bonchev–Trinajstić information content (AvgIpc) is 2.53. The third-order valence-corrected chi connectivity index (χ3v) is 4.09. The maximum atomic E-state index is 11.9. The van der Waals surface area contributed by atoms with Gasteiger partial charge in [0.05, 0.1) is 6.04 Å². The van der Waals surface area contributed by atoms with Crippen molar-refractivity contribution in [1.82, 2.24) is 4.90 Å². The van der Waals surface area contributed by atoms with Crippen LogP contribution in [0.4, 0.5) is 4.79 Å². The smallest absolute Gasteiger partial charge is 0.345 e. The van der Waals surface area contributed by atoms with Crippen LogP contribution >= 0.6 is 0 Å². The highest BCUT2D eigenvalue weighted by Crippen LogP contribution is 2.34. The van der Waals surface area contributed by atoms with Crippen LogP contribution in [0.15, 0.2) is 4.99 Å². The van der Waals surface area contributed by atoms with E-state index in [1.807, 2.05) is 4.90 Å². The van der Waals surface area contributed by atoms with Crippen molar-refractivity contribution < 1.29 is 4.79 Å². The third kappa shape index (κ3) is 2.68. The van der Waals surface area contributed by atoms with E-state index in [4.69, 9.17) is 5.73 Å². The lowest BCUT2D eigenvalue weighted by molar-refractivity contribution is 0.154. The van der Waals surface area contributed by atoms with Crippen molar-refractivity contribution in [2.45, 2.75) is 52.5 Å². The van der Waals surface area contributed by atoms with Gasteiger partial charge in [-0.3, -0.25) is 0 Å². The van der Waals surface area contributed by atoms with Crippen LogP contribution in [0.1, 0.15) is 46.5 Å². The molecule has 0 aromatic carbocycles. The van der Waals surface area contributed by atoms with E-state index in [9.17, 15) is 4.79 Å². The molecule has 4 nitrogen and oxygen atoms in total. The van der Waals surface area contributed by atoms with Crippen molar-refractivity contribution >= 4 is 11.9 Å². The summed E-state index contributed by atoms with van der Waals surface area (Å²) in [5, 5.41) is 0. The Labute approximate surface area is 110 Å². The fraction of sp³-hybridized carbons (Fsp3) is 0.857. The quantitative estimate of drug-likeness (QED) is 0.838. The van der Waals surface area contributed by atoms with Gasteiger partial charge in [0, 0.05) is 6.54 Å². The monoisotopic (exact) mass is 251 g/mol. The van der Waals surface area contributed by atoms with Crippen molar-refractivity contribution in [3.05, 3.63) is 0 Å². The number of urea groups is 1. The van der Waals surface area contributed by atoms with Gasteiger partial charge in [-0.15, -0.1) is 0 Å². The number of amides is 2. The highest BCUT2D eigenvalue weighted by molar-refractivity contribution is 6.03. The highest BCUT2D eigenvalue weighted by atomic mass is 16.2. The molecule has 4 heteroatoms. The Balaban J connectivity index is 2.12. The Kier molecular flexibility index (Phi) is 3.93. The van der Waals surface area contributed by atoms with Crippen LogP contribution in [0.5, 0.6) is 0 Å². The fourth-order valence-corrected chi connectivity index (χ4v) is 3.37. The van der Waals surface area contributed by atoms with Gasteiger partial charge in [0.1, 0.15) is 5.84 Å². The summed E-state index contributed by atoms with van der Waals surface area (Å²) in [6.45, 7) is 7.31. The van der Waals surface area contributed by atoms with Gasteiger partial charge in [0.25, 0.3) is 0 Å². The van der Waals surface area contributed by atoms with Gasteiger partial charge in [0.2, 0.25) is 0 Å². The van der Waals surface area contributed by atoms with Crippen LogP contribution in [0.3, 0.4) is 0 Å². The molecule has 0 aromatic rings. The number of rotatable bonds is 3. The molecule has 0 radical (unpaired) electrons. The molecule has 1 aliphatic carbocycles. The number of carbonyl (C=O) groups excluding carboxylic acids is 1. The maximum Gasteiger partial charge on any atom is 0.345 e. The van der Waals surface area contributed by atoms with E-state index in [2.05, 4.69) is 25.8 Å². The minimum Gasteiger partial charge on any atom is -0.385 e. The fourth-order valence-electron chi connectivity index (χ4n) is 3.37. The van der Waals surface area contributed by atoms with Crippen molar-refractivity contribution in [3.8, 4) is 0 Å². The summed E-state index contributed by atoms with van der Waals surface area (Å²) in [6.07, 6.45) is 4.90. The lowest BCUT2D eigenvalue weighted by Crippen LogP contribution is -2.48. The van der Waals surface area contributed by atoms with Crippen LogP contribution in [0.25, 0.3) is 0 Å². The minimum atomic E-state index is -0.135. The molecule has 1 aliphatic heterocycles. The number of nitrogens with zero attached hydrogens (tertiary/aromatic N) is 2. The van der Waals surface area contributed by atoms with E-state index in [-0.39, 0.29) is 12.1 Å². The molecule has 0 aromatic heterocycles. The first-order valence-electron chi connectivity index (χ1n) is 7.13. The van der Waals surface area contributed by atoms with Crippen LogP contribution in [-0.2, 0) is 0 Å². The minimum absolute atomic E-state index is 0.0580. The Morgan fingerprint density at radius 3 is 2.78 bits per heavy atom. The SMILES string of the molecule is CC(C)CN1C(=O)N=C(N)C1C1CCCC(C)C1. The Hall–Kier alpha value is -1.06. The molecule has 2 rings (SSSR count). The van der Waals surface area contributed by atoms with Gasteiger partial charge >= 0.3 is 6.03 Å². The zero-order valence-corrected chi connectivity index (χ0v) is 11.7. The van der Waals surface area contributed by atoms with Crippen LogP contribution in [0, 0.1) is 17.8 Å². The molecule has 0 spiro atoms. The standard InChI is InChI=1S/C14H25N3O/c1-9(2)8-17-12(13(15)16-14(17)18)11-6-4-5-10(3)7-11/h9-12H,4-8H2,1-3H3,(H2,15,16,18). The van der Waals surface area contributed by atoms with Crippen LogP contribution in [-0.4, -0.2) is 29.4 Å². The molecule has 1 saturated carbocycles. The van der Waals surface area contributed by atoms with E-state index in [1.165, 1.54) is 25.7 Å². The second kappa shape index (κ2) is 5.29. The van der Waals surface area contributed by atoms with Crippen molar-refractivity contribution in [3.63, 3.8) is 0 Å². The lowest BCUT2D eigenvalue weighted by atomic mass is 9.78. The maximum absolute atomic E-state index is 11.9. The second-order valence-corrected chi connectivity index (χ2v) is 6.34. The average molecular weight is 251 g/mol. The van der Waals surface area contributed by atoms with Gasteiger partial charge in [-0.2, -0.15) is 4.99 Å². The van der Waals surface area contributed by atoms with E-state index >= 15 is 0 Å². The molecular formula is C14H25N3O. The molecule has 1 fully saturated rings. The second-order valence-electron chi connectivity index (χ2n) is 6.34. The first-order chi connectivity index (χ1) is 8.49. The molecule has 2 amide bonds. The number of amidine groups is 1. The summed E-state index contributed by atoms with van der Waals surface area (Å²) in [5.74, 6) is 2.24. The summed E-state index contributed by atoms with van der Waals surface area (Å²) in [6, 6.07) is -0.0768.